The third-order valence-corrected chi connectivity index (χ3v) is 3.27. The van der Waals surface area contributed by atoms with Crippen LogP contribution in [0.15, 0.2) is 30.5 Å². The number of imidazole rings is 1. The maximum absolute atomic E-state index is 5.83. The smallest absolute Gasteiger partial charge is 0.147 e. The number of aromatic nitrogens is 2. The lowest BCUT2D eigenvalue weighted by molar-refractivity contribution is 0.286. The molecule has 0 saturated carbocycles. The van der Waals surface area contributed by atoms with Crippen molar-refractivity contribution in [2.75, 3.05) is 6.54 Å². The Labute approximate surface area is 111 Å². The van der Waals surface area contributed by atoms with Crippen LogP contribution in [0.1, 0.15) is 11.5 Å². The first kappa shape index (κ1) is 11.6. The summed E-state index contributed by atoms with van der Waals surface area (Å²) >= 11 is 5.83. The van der Waals surface area contributed by atoms with Gasteiger partial charge < -0.3 is 14.6 Å². The Hall–Kier alpha value is -1.52. The van der Waals surface area contributed by atoms with Crippen LogP contribution in [0.4, 0.5) is 0 Å². The van der Waals surface area contributed by atoms with Crippen molar-refractivity contribution in [1.82, 2.24) is 14.9 Å². The third kappa shape index (κ3) is 2.35. The number of benzene rings is 1. The van der Waals surface area contributed by atoms with Crippen LogP contribution >= 0.6 is 11.6 Å². The number of ether oxygens (including phenoxy) is 1. The second-order valence-electron chi connectivity index (χ2n) is 4.24. The van der Waals surface area contributed by atoms with Crippen molar-refractivity contribution < 1.29 is 4.74 Å². The van der Waals surface area contributed by atoms with Crippen LogP contribution < -0.4 is 10.1 Å². The number of nitrogens with one attached hydrogen (secondary N) is 1. The fourth-order valence-electron chi connectivity index (χ4n) is 2.07. The molecule has 0 bridgehead atoms. The molecule has 0 amide bonds. The molecular weight excluding hydrogens is 250 g/mol. The molecule has 3 rings (SSSR count). The predicted octanol–water partition coefficient (Wildman–Crippen LogP) is 2.22. The van der Waals surface area contributed by atoms with E-state index in [4.69, 9.17) is 16.3 Å². The largest absolute Gasteiger partial charge is 0.486 e. The second-order valence-corrected chi connectivity index (χ2v) is 4.67. The minimum absolute atomic E-state index is 0.488. The first-order chi connectivity index (χ1) is 8.83. The summed E-state index contributed by atoms with van der Waals surface area (Å²) in [4.78, 5) is 4.40. The highest BCUT2D eigenvalue weighted by atomic mass is 35.5. The normalized spacial score (nSPS) is 14.3. The van der Waals surface area contributed by atoms with Crippen molar-refractivity contribution in [2.24, 2.45) is 0 Å². The number of nitrogens with zero attached hydrogens (tertiary/aromatic N) is 2. The number of hydrogen-bond acceptors (Lipinski definition) is 3. The van der Waals surface area contributed by atoms with Gasteiger partial charge in [0, 0.05) is 30.9 Å². The number of fused-ring (bicyclic) bond motifs is 1. The Bertz CT molecular complexity index is 536. The van der Waals surface area contributed by atoms with E-state index in [1.54, 1.807) is 0 Å². The topological polar surface area (TPSA) is 39.1 Å². The highest BCUT2D eigenvalue weighted by Gasteiger charge is 2.13. The summed E-state index contributed by atoms with van der Waals surface area (Å²) in [7, 11) is 0. The lowest BCUT2D eigenvalue weighted by Crippen LogP contribution is -2.28. The van der Waals surface area contributed by atoms with Gasteiger partial charge in [0.05, 0.1) is 5.69 Å². The van der Waals surface area contributed by atoms with Crippen LogP contribution in [0.25, 0.3) is 0 Å². The Morgan fingerprint density at radius 3 is 3.00 bits per heavy atom. The van der Waals surface area contributed by atoms with Gasteiger partial charge in [-0.15, -0.1) is 0 Å². The van der Waals surface area contributed by atoms with Gasteiger partial charge in [-0.2, -0.15) is 0 Å². The van der Waals surface area contributed by atoms with Gasteiger partial charge in [0.2, 0.25) is 0 Å². The van der Waals surface area contributed by atoms with Crippen LogP contribution in [0.3, 0.4) is 0 Å². The molecule has 0 spiro atoms. The summed E-state index contributed by atoms with van der Waals surface area (Å²) in [6.07, 6.45) is 1.91. The quantitative estimate of drug-likeness (QED) is 0.923. The van der Waals surface area contributed by atoms with Gasteiger partial charge in [-0.1, -0.05) is 11.6 Å². The molecule has 1 aliphatic heterocycles. The Morgan fingerprint density at radius 1 is 1.33 bits per heavy atom. The average molecular weight is 264 g/mol. The molecule has 5 heteroatoms. The fourth-order valence-corrected chi connectivity index (χ4v) is 2.20. The summed E-state index contributed by atoms with van der Waals surface area (Å²) in [5.74, 6) is 1.78. The van der Waals surface area contributed by atoms with Crippen molar-refractivity contribution in [3.05, 3.63) is 47.0 Å². The van der Waals surface area contributed by atoms with E-state index in [0.717, 1.165) is 31.2 Å². The number of rotatable bonds is 3. The molecule has 0 radical (unpaired) electrons. The van der Waals surface area contributed by atoms with Crippen LogP contribution in [0, 0.1) is 0 Å². The van der Waals surface area contributed by atoms with Crippen LogP contribution in [0.5, 0.6) is 5.75 Å². The summed E-state index contributed by atoms with van der Waals surface area (Å²) in [6, 6.07) is 7.37. The molecule has 94 valence electrons. The minimum atomic E-state index is 0.488. The second kappa shape index (κ2) is 5.00. The van der Waals surface area contributed by atoms with Gasteiger partial charge in [-0.3, -0.25) is 0 Å². The predicted molar refractivity (Wildman–Crippen MR) is 69.7 cm³/mol. The molecule has 0 aliphatic carbocycles. The van der Waals surface area contributed by atoms with E-state index in [-0.39, 0.29) is 0 Å². The first-order valence-electron chi connectivity index (χ1n) is 5.95. The molecule has 1 aromatic carbocycles. The standard InChI is InChI=1S/C13H14ClN3O/c14-10-1-3-12(4-2-10)18-9-13-16-8-11-7-15-5-6-17(11)13/h1-4,8,15H,5-7,9H2. The van der Waals surface area contributed by atoms with E-state index >= 15 is 0 Å². The van der Waals surface area contributed by atoms with Crippen molar-refractivity contribution in [3.8, 4) is 5.75 Å². The van der Waals surface area contributed by atoms with Gasteiger partial charge >= 0.3 is 0 Å². The summed E-state index contributed by atoms with van der Waals surface area (Å²) in [5, 5.41) is 4.03. The molecule has 0 unspecified atom stereocenters. The van der Waals surface area contributed by atoms with E-state index in [1.807, 2.05) is 30.5 Å². The van der Waals surface area contributed by atoms with Gasteiger partial charge in [0.15, 0.2) is 0 Å². The van der Waals surface area contributed by atoms with Crippen molar-refractivity contribution in [3.63, 3.8) is 0 Å². The molecule has 1 N–H and O–H groups in total. The lowest BCUT2D eigenvalue weighted by atomic mass is 10.3. The zero-order valence-corrected chi connectivity index (χ0v) is 10.7. The molecule has 18 heavy (non-hydrogen) atoms. The summed E-state index contributed by atoms with van der Waals surface area (Å²) in [6.45, 7) is 3.31. The van der Waals surface area contributed by atoms with Gasteiger partial charge in [-0.25, -0.2) is 4.98 Å². The molecule has 2 heterocycles. The maximum atomic E-state index is 5.83. The highest BCUT2D eigenvalue weighted by Crippen LogP contribution is 2.17. The first-order valence-corrected chi connectivity index (χ1v) is 6.33. The van der Waals surface area contributed by atoms with Crippen LogP contribution in [-0.4, -0.2) is 16.1 Å². The number of hydrogen-bond donors (Lipinski definition) is 1. The van der Waals surface area contributed by atoms with Gasteiger partial charge in [0.1, 0.15) is 18.2 Å². The molecule has 1 aromatic heterocycles. The van der Waals surface area contributed by atoms with E-state index in [9.17, 15) is 0 Å². The fraction of sp³-hybridized carbons (Fsp3) is 0.308. The molecule has 0 saturated heterocycles. The average Bonchev–Trinajstić information content (AvgIpc) is 2.82. The lowest BCUT2D eigenvalue weighted by Gasteiger charge is -2.17. The molecule has 0 atom stereocenters. The van der Waals surface area contributed by atoms with E-state index in [1.165, 1.54) is 5.69 Å². The molecule has 4 nitrogen and oxygen atoms in total. The monoisotopic (exact) mass is 263 g/mol. The van der Waals surface area contributed by atoms with E-state index in [2.05, 4.69) is 14.9 Å². The maximum Gasteiger partial charge on any atom is 0.147 e. The summed E-state index contributed by atoms with van der Waals surface area (Å²) in [5.41, 5.74) is 1.22. The third-order valence-electron chi connectivity index (χ3n) is 3.02. The van der Waals surface area contributed by atoms with Crippen molar-refractivity contribution >= 4 is 11.6 Å². The van der Waals surface area contributed by atoms with Crippen LogP contribution in [0.2, 0.25) is 5.02 Å². The molecule has 1 aliphatic rings. The Morgan fingerprint density at radius 2 is 2.17 bits per heavy atom. The molecule has 2 aromatic rings. The van der Waals surface area contributed by atoms with Crippen molar-refractivity contribution in [2.45, 2.75) is 19.7 Å². The van der Waals surface area contributed by atoms with Crippen LogP contribution in [-0.2, 0) is 19.7 Å². The zero-order chi connectivity index (χ0) is 12.4. The summed E-state index contributed by atoms with van der Waals surface area (Å²) < 4.78 is 7.92. The SMILES string of the molecule is Clc1ccc(OCc2ncc3n2CCNC3)cc1. The Balaban J connectivity index is 1.70. The van der Waals surface area contributed by atoms with Gasteiger partial charge in [-0.05, 0) is 24.3 Å². The number of halogens is 1. The van der Waals surface area contributed by atoms with E-state index < -0.39 is 0 Å². The Kier molecular flexibility index (Phi) is 3.21. The minimum Gasteiger partial charge on any atom is -0.486 e. The van der Waals surface area contributed by atoms with Crippen molar-refractivity contribution in [1.29, 1.82) is 0 Å². The zero-order valence-electron chi connectivity index (χ0n) is 9.90. The molecule has 0 fully saturated rings. The van der Waals surface area contributed by atoms with E-state index in [0.29, 0.717) is 11.6 Å². The molecular formula is C13H14ClN3O. The van der Waals surface area contributed by atoms with Gasteiger partial charge in [0.25, 0.3) is 0 Å². The highest BCUT2D eigenvalue weighted by molar-refractivity contribution is 6.30.